The summed E-state index contributed by atoms with van der Waals surface area (Å²) in [4.78, 5) is 29.7. The van der Waals surface area contributed by atoms with E-state index < -0.39 is 25.7 Å². The number of benzene rings is 4. The molecule has 1 aromatic heterocycles. The minimum Gasteiger partial charge on any atom is -0.497 e. The lowest BCUT2D eigenvalue weighted by atomic mass is 9.82. The van der Waals surface area contributed by atoms with Crippen molar-refractivity contribution in [3.05, 3.63) is 132 Å². The molecule has 11 nitrogen and oxygen atoms in total. The minimum atomic E-state index is -2.44. The molecule has 0 bridgehead atoms. The molecule has 1 spiro atoms. The van der Waals surface area contributed by atoms with Crippen molar-refractivity contribution in [1.29, 1.82) is 0 Å². The smallest absolute Gasteiger partial charge is 0.264 e. The molecule has 2 aliphatic heterocycles. The quantitative estimate of drug-likeness (QED) is 0.132. The standard InChI is InChI=1S/C43H49N5O6Si/c1-28-40(55(4,5)34-19-17-33(53-3)18-20-34)39(22-23-47-26-37(45-46-47)35(27-49)31-14-10-7-11-15-31)54-43(28)36-24-32(44-41(51)29(2)50)16-21-38(36)48(42(43)52)25-30-12-8-6-9-13-30/h6-21,24,26,28-29,35,39-40,49-50H,22-23,25,27H2,1-5H3,(H,44,51)/t28-,29-,35?,39+,40-,43+/m0/s1. The third-order valence-electron chi connectivity index (χ3n) is 11.6. The molecule has 3 N–H and O–H groups in total. The zero-order chi connectivity index (χ0) is 38.9. The van der Waals surface area contributed by atoms with Gasteiger partial charge in [0.2, 0.25) is 0 Å². The van der Waals surface area contributed by atoms with Crippen LogP contribution in [0.15, 0.2) is 109 Å². The summed E-state index contributed by atoms with van der Waals surface area (Å²) in [6.07, 6.45) is 0.889. The first-order valence-electron chi connectivity index (χ1n) is 18.9. The zero-order valence-electron chi connectivity index (χ0n) is 31.9. The first kappa shape index (κ1) is 38.1. The zero-order valence-corrected chi connectivity index (χ0v) is 32.9. The van der Waals surface area contributed by atoms with Gasteiger partial charge in [0, 0.05) is 29.9 Å². The van der Waals surface area contributed by atoms with Gasteiger partial charge in [0.25, 0.3) is 11.8 Å². The number of carbonyl (C=O) groups excluding carboxylic acids is 2. The molecule has 3 heterocycles. The third kappa shape index (κ3) is 7.11. The van der Waals surface area contributed by atoms with Crippen LogP contribution >= 0.6 is 0 Å². The molecule has 5 aromatic rings. The first-order chi connectivity index (χ1) is 26.5. The number of nitrogens with zero attached hydrogens (tertiary/aromatic N) is 4. The van der Waals surface area contributed by atoms with E-state index in [0.717, 1.165) is 22.6 Å². The fourth-order valence-electron chi connectivity index (χ4n) is 8.73. The van der Waals surface area contributed by atoms with Crippen LogP contribution in [0.1, 0.15) is 48.6 Å². The number of methoxy groups -OCH3 is 1. The van der Waals surface area contributed by atoms with Crippen LogP contribution in [0.5, 0.6) is 5.75 Å². The van der Waals surface area contributed by atoms with Crippen LogP contribution in [0.4, 0.5) is 11.4 Å². The van der Waals surface area contributed by atoms with Crippen LogP contribution in [-0.4, -0.2) is 71.0 Å². The first-order valence-corrected chi connectivity index (χ1v) is 21.9. The third-order valence-corrected chi connectivity index (χ3v) is 16.0. The normalized spacial score (nSPS) is 21.8. The van der Waals surface area contributed by atoms with E-state index in [4.69, 9.17) is 9.47 Å². The van der Waals surface area contributed by atoms with Gasteiger partial charge >= 0.3 is 0 Å². The van der Waals surface area contributed by atoms with Crippen LogP contribution in [-0.2, 0) is 33.0 Å². The Balaban J connectivity index is 1.29. The topological polar surface area (TPSA) is 139 Å². The van der Waals surface area contributed by atoms with Crippen molar-refractivity contribution in [2.45, 2.75) is 75.7 Å². The maximum Gasteiger partial charge on any atom is 0.264 e. The molecule has 1 saturated heterocycles. The highest BCUT2D eigenvalue weighted by atomic mass is 28.3. The van der Waals surface area contributed by atoms with E-state index in [2.05, 4.69) is 47.8 Å². The second kappa shape index (κ2) is 15.5. The largest absolute Gasteiger partial charge is 0.497 e. The van der Waals surface area contributed by atoms with Gasteiger partial charge in [-0.1, -0.05) is 103 Å². The van der Waals surface area contributed by atoms with Gasteiger partial charge in [-0.3, -0.25) is 14.3 Å². The van der Waals surface area contributed by atoms with E-state index >= 15 is 4.79 Å². The minimum absolute atomic E-state index is 0.0254. The van der Waals surface area contributed by atoms with Crippen LogP contribution in [0.2, 0.25) is 18.6 Å². The maximum atomic E-state index is 15.2. The number of fused-ring (bicyclic) bond motifs is 2. The number of aromatic nitrogens is 3. The van der Waals surface area contributed by atoms with Gasteiger partial charge in [-0.2, -0.15) is 0 Å². The van der Waals surface area contributed by atoms with Crippen molar-refractivity contribution in [2.75, 3.05) is 23.9 Å². The number of ether oxygens (including phenoxy) is 2. The number of hydrogen-bond acceptors (Lipinski definition) is 8. The maximum absolute atomic E-state index is 15.2. The fourth-order valence-corrected chi connectivity index (χ4v) is 12.8. The lowest BCUT2D eigenvalue weighted by molar-refractivity contribution is -0.146. The highest BCUT2D eigenvalue weighted by molar-refractivity contribution is 6.91. The summed E-state index contributed by atoms with van der Waals surface area (Å²) in [5.74, 6) is -0.465. The Labute approximate surface area is 322 Å². The Bertz CT molecular complexity index is 2130. The van der Waals surface area contributed by atoms with Crippen LogP contribution in [0, 0.1) is 5.92 Å². The van der Waals surface area contributed by atoms with Crippen molar-refractivity contribution in [3.63, 3.8) is 0 Å². The van der Waals surface area contributed by atoms with E-state index in [1.165, 1.54) is 12.1 Å². The summed E-state index contributed by atoms with van der Waals surface area (Å²) in [6, 6.07) is 33.4. The predicted molar refractivity (Wildman–Crippen MR) is 214 cm³/mol. The Morgan fingerprint density at radius 2 is 1.71 bits per heavy atom. The monoisotopic (exact) mass is 759 g/mol. The van der Waals surface area contributed by atoms with Gasteiger partial charge in [0.05, 0.1) is 51.7 Å². The van der Waals surface area contributed by atoms with Gasteiger partial charge in [-0.25, -0.2) is 0 Å². The summed E-state index contributed by atoms with van der Waals surface area (Å²) in [5, 5.41) is 33.3. The second-order valence-electron chi connectivity index (χ2n) is 15.3. The average Bonchev–Trinajstić information content (AvgIpc) is 3.85. The lowest BCUT2D eigenvalue weighted by Crippen LogP contribution is -2.51. The molecule has 1 fully saturated rings. The van der Waals surface area contributed by atoms with Gasteiger partial charge < -0.3 is 29.9 Å². The highest BCUT2D eigenvalue weighted by Crippen LogP contribution is 2.60. The van der Waals surface area contributed by atoms with Crippen molar-refractivity contribution >= 4 is 36.4 Å². The molecular weight excluding hydrogens is 711 g/mol. The van der Waals surface area contributed by atoms with Gasteiger partial charge in [0.1, 0.15) is 11.9 Å². The average molecular weight is 760 g/mol. The fraction of sp³-hybridized carbons (Fsp3) is 0.349. The molecule has 0 saturated carbocycles. The number of aliphatic hydroxyl groups is 2. The summed E-state index contributed by atoms with van der Waals surface area (Å²) in [5.41, 5.74) is 3.17. The van der Waals surface area contributed by atoms with Crippen molar-refractivity contribution in [1.82, 2.24) is 15.0 Å². The van der Waals surface area contributed by atoms with Crippen molar-refractivity contribution in [3.8, 4) is 5.75 Å². The number of nitrogens with one attached hydrogen (secondary N) is 1. The molecule has 4 aromatic carbocycles. The van der Waals surface area contributed by atoms with E-state index in [-0.39, 0.29) is 36.0 Å². The summed E-state index contributed by atoms with van der Waals surface area (Å²) in [7, 11) is -0.779. The Morgan fingerprint density at radius 1 is 1.02 bits per heavy atom. The molecule has 12 heteroatoms. The molecule has 2 amide bonds. The molecule has 6 atom stereocenters. The molecule has 0 radical (unpaired) electrons. The molecule has 2 aliphatic rings. The number of carbonyl (C=O) groups is 2. The SMILES string of the molecule is COc1ccc([Si](C)(C)[C@@H]2[C@@H](CCn3cc(C(CO)c4ccccc4)nn3)O[C@]3(C(=O)N(Cc4ccccc4)c4ccc(NC(=O)[C@H](C)O)cc43)[C@H]2C)cc1. The number of anilines is 2. The number of hydrogen-bond donors (Lipinski definition) is 3. The van der Waals surface area contributed by atoms with E-state index in [1.54, 1.807) is 17.9 Å². The second-order valence-corrected chi connectivity index (χ2v) is 20.0. The Hall–Kier alpha value is -5.14. The number of aryl methyl sites for hydroxylation is 1. The Morgan fingerprint density at radius 3 is 2.36 bits per heavy atom. The lowest BCUT2D eigenvalue weighted by Gasteiger charge is -2.37. The molecule has 1 unspecified atom stereocenters. The predicted octanol–water partition coefficient (Wildman–Crippen LogP) is 5.58. The van der Waals surface area contributed by atoms with E-state index in [9.17, 15) is 15.0 Å². The van der Waals surface area contributed by atoms with Gasteiger partial charge in [-0.05, 0) is 60.3 Å². The Kier molecular flexibility index (Phi) is 10.8. The molecule has 286 valence electrons. The summed E-state index contributed by atoms with van der Waals surface area (Å²) in [6.45, 7) is 8.97. The van der Waals surface area contributed by atoms with Crippen molar-refractivity contribution in [2.24, 2.45) is 5.92 Å². The number of aliphatic hydroxyl groups excluding tert-OH is 2. The molecule has 7 rings (SSSR count). The number of amides is 2. The van der Waals surface area contributed by atoms with E-state index in [0.29, 0.717) is 36.5 Å². The number of rotatable bonds is 13. The van der Waals surface area contributed by atoms with Crippen molar-refractivity contribution < 1.29 is 29.3 Å². The van der Waals surface area contributed by atoms with E-state index in [1.807, 2.05) is 96.0 Å². The highest BCUT2D eigenvalue weighted by Gasteiger charge is 2.66. The van der Waals surface area contributed by atoms with Crippen LogP contribution in [0.3, 0.4) is 0 Å². The van der Waals surface area contributed by atoms with Crippen LogP contribution in [0.25, 0.3) is 0 Å². The van der Waals surface area contributed by atoms with Crippen LogP contribution < -0.4 is 20.1 Å². The summed E-state index contributed by atoms with van der Waals surface area (Å²) < 4.78 is 14.6. The van der Waals surface area contributed by atoms with Gasteiger partial charge in [-0.15, -0.1) is 5.10 Å². The van der Waals surface area contributed by atoms with Gasteiger partial charge in [0.15, 0.2) is 5.60 Å². The summed E-state index contributed by atoms with van der Waals surface area (Å²) >= 11 is 0. The molecule has 55 heavy (non-hydrogen) atoms. The molecule has 0 aliphatic carbocycles. The molecular formula is C43H49N5O6Si.